The number of ether oxygens (including phenoxy) is 1. The number of rotatable bonds is 10. The van der Waals surface area contributed by atoms with E-state index in [1.165, 1.54) is 0 Å². The number of likely N-dealkylation sites (N-methyl/N-ethyl adjacent to an activating group) is 1. The maximum Gasteiger partial charge on any atom is 0.397 e. The molecule has 7 N–H and O–H groups in total. The van der Waals surface area contributed by atoms with Crippen molar-refractivity contribution in [3.8, 4) is 0 Å². The van der Waals surface area contributed by atoms with Crippen molar-refractivity contribution in [2.75, 3.05) is 32.5 Å². The minimum Gasteiger partial charge on any atom is -0.385 e. The number of hydrogen-bond donors (Lipinski definition) is 5. The molecule has 16 heteroatoms. The minimum atomic E-state index is -4.91. The zero-order valence-electron chi connectivity index (χ0n) is 16.6. The van der Waals surface area contributed by atoms with Gasteiger partial charge in [-0.3, -0.25) is 4.55 Å². The highest BCUT2D eigenvalue weighted by molar-refractivity contribution is 7.80. The second-order valence-corrected chi connectivity index (χ2v) is 8.19. The van der Waals surface area contributed by atoms with Crippen molar-refractivity contribution in [2.24, 2.45) is 5.90 Å². The van der Waals surface area contributed by atoms with Gasteiger partial charge in [0.25, 0.3) is 0 Å². The molecule has 0 radical (unpaired) electrons. The van der Waals surface area contributed by atoms with Crippen molar-refractivity contribution in [3.63, 3.8) is 0 Å². The Kier molecular flexibility index (Phi) is 7.22. The second kappa shape index (κ2) is 9.53. The van der Waals surface area contributed by atoms with E-state index in [1.54, 1.807) is 7.05 Å². The van der Waals surface area contributed by atoms with Gasteiger partial charge in [0.05, 0.1) is 6.61 Å². The molecule has 0 unspecified atom stereocenters. The molecule has 0 spiro atoms. The van der Waals surface area contributed by atoms with Gasteiger partial charge in [-0.25, -0.2) is 29.4 Å². The van der Waals surface area contributed by atoms with Gasteiger partial charge in [-0.15, -0.1) is 0 Å². The molecule has 1 aliphatic rings. The number of nitrogens with zero attached hydrogens (tertiary/aromatic N) is 4. The Bertz CT molecular complexity index is 1060. The number of anilines is 1. The number of aromatic nitrogens is 4. The fraction of sp³-hybridized carbons (Fsp3) is 0.667. The van der Waals surface area contributed by atoms with Crippen LogP contribution in [0.5, 0.6) is 0 Å². The van der Waals surface area contributed by atoms with Gasteiger partial charge in [0.2, 0.25) is 0 Å². The quantitative estimate of drug-likeness (QED) is 0.143. The normalized spacial score (nSPS) is 24.4. The van der Waals surface area contributed by atoms with Crippen LogP contribution >= 0.6 is 0 Å². The van der Waals surface area contributed by atoms with Crippen LogP contribution in [0.3, 0.4) is 0 Å². The lowest BCUT2D eigenvalue weighted by Gasteiger charge is -2.24. The van der Waals surface area contributed by atoms with Crippen LogP contribution in [-0.4, -0.2) is 87.6 Å². The van der Waals surface area contributed by atoms with E-state index in [-0.39, 0.29) is 23.5 Å². The molecule has 0 saturated carbocycles. The maximum atomic E-state index is 12.5. The Balaban J connectivity index is 1.86. The van der Waals surface area contributed by atoms with Crippen molar-refractivity contribution < 1.29 is 31.8 Å². The summed E-state index contributed by atoms with van der Waals surface area (Å²) < 4.78 is 43.3. The van der Waals surface area contributed by atoms with E-state index in [2.05, 4.69) is 24.0 Å². The number of nitrogen functional groups attached to an aromatic ring is 1. The smallest absolute Gasteiger partial charge is 0.385 e. The van der Waals surface area contributed by atoms with Crippen LogP contribution in [0.15, 0.2) is 11.1 Å². The van der Waals surface area contributed by atoms with Crippen molar-refractivity contribution in [1.82, 2.24) is 24.4 Å². The summed E-state index contributed by atoms with van der Waals surface area (Å²) in [6.45, 7) is 1.10. The fourth-order valence-corrected chi connectivity index (χ4v) is 4.01. The van der Waals surface area contributed by atoms with Crippen LogP contribution in [0.1, 0.15) is 19.1 Å². The van der Waals surface area contributed by atoms with Crippen molar-refractivity contribution in [3.05, 3.63) is 16.8 Å². The molecule has 3 heterocycles. The lowest BCUT2D eigenvalue weighted by molar-refractivity contribution is -0.0436. The summed E-state index contributed by atoms with van der Waals surface area (Å²) in [5, 5.41) is 10.7. The number of fused-ring (bicyclic) bond motifs is 1. The van der Waals surface area contributed by atoms with Crippen LogP contribution in [-0.2, 0) is 24.2 Å². The minimum absolute atomic E-state index is 0.0109. The van der Waals surface area contributed by atoms with E-state index in [0.717, 1.165) is 17.3 Å². The van der Waals surface area contributed by atoms with E-state index >= 15 is 0 Å². The molecule has 1 aliphatic heterocycles. The van der Waals surface area contributed by atoms with Crippen molar-refractivity contribution in [2.45, 2.75) is 37.4 Å². The van der Waals surface area contributed by atoms with Gasteiger partial charge >= 0.3 is 16.1 Å². The topological polar surface area (TPSA) is 221 Å². The van der Waals surface area contributed by atoms with E-state index < -0.39 is 40.6 Å². The van der Waals surface area contributed by atoms with Gasteiger partial charge < -0.3 is 30.3 Å². The Morgan fingerprint density at radius 3 is 2.81 bits per heavy atom. The second-order valence-electron chi connectivity index (χ2n) is 7.14. The zero-order chi connectivity index (χ0) is 22.8. The van der Waals surface area contributed by atoms with Crippen LogP contribution in [0.4, 0.5) is 5.82 Å². The average Bonchev–Trinajstić information content (AvgIpc) is 3.16. The van der Waals surface area contributed by atoms with Crippen molar-refractivity contribution in [1.29, 1.82) is 0 Å². The Labute approximate surface area is 176 Å². The molecule has 2 aromatic heterocycles. The summed E-state index contributed by atoms with van der Waals surface area (Å²) in [5.74, 6) is 5.00. The molecule has 0 aliphatic carbocycles. The van der Waals surface area contributed by atoms with Gasteiger partial charge in [0.1, 0.15) is 30.2 Å². The third kappa shape index (κ3) is 5.36. The molecular formula is C15H25N7O8S. The summed E-state index contributed by atoms with van der Waals surface area (Å²) in [5.41, 5.74) is 5.24. The van der Waals surface area contributed by atoms with Gasteiger partial charge in [0.15, 0.2) is 17.7 Å². The summed E-state index contributed by atoms with van der Waals surface area (Å²) in [7, 11) is -3.16. The first-order chi connectivity index (χ1) is 14.6. The molecule has 1 saturated heterocycles. The van der Waals surface area contributed by atoms with Gasteiger partial charge in [0, 0.05) is 6.54 Å². The molecule has 1 fully saturated rings. The van der Waals surface area contributed by atoms with Crippen LogP contribution in [0, 0.1) is 0 Å². The highest BCUT2D eigenvalue weighted by atomic mass is 32.3. The van der Waals surface area contributed by atoms with Gasteiger partial charge in [-0.1, -0.05) is 0 Å². The van der Waals surface area contributed by atoms with Gasteiger partial charge in [-0.2, -0.15) is 8.42 Å². The predicted octanol–water partition coefficient (Wildman–Crippen LogP) is -2.25. The highest BCUT2D eigenvalue weighted by Gasteiger charge is 2.49. The molecule has 31 heavy (non-hydrogen) atoms. The molecule has 0 amide bonds. The molecule has 2 aromatic rings. The Morgan fingerprint density at radius 2 is 2.13 bits per heavy atom. The monoisotopic (exact) mass is 463 g/mol. The fourth-order valence-electron chi connectivity index (χ4n) is 3.50. The van der Waals surface area contributed by atoms with Crippen LogP contribution < -0.4 is 17.3 Å². The van der Waals surface area contributed by atoms with E-state index in [1.807, 2.05) is 4.90 Å². The first-order valence-corrected chi connectivity index (χ1v) is 10.7. The number of H-pyrrole nitrogens is 1. The maximum absolute atomic E-state index is 12.5. The Morgan fingerprint density at radius 1 is 1.39 bits per heavy atom. The molecule has 15 nitrogen and oxygen atoms in total. The summed E-state index contributed by atoms with van der Waals surface area (Å²) in [6.07, 6.45) is -2.90. The number of nitrogens with one attached hydrogen (secondary N) is 1. The molecule has 4 atom stereocenters. The van der Waals surface area contributed by atoms with Gasteiger partial charge in [-0.05, 0) is 26.4 Å². The highest BCUT2D eigenvalue weighted by Crippen LogP contribution is 2.33. The number of aromatic amines is 1. The third-order valence-corrected chi connectivity index (χ3v) is 5.34. The molecular weight excluding hydrogens is 438 g/mol. The first-order valence-electron chi connectivity index (χ1n) is 9.32. The standard InChI is InChI=1S/C15H25N7O8S/c1-21(4-2-3-5-28-17)6-8-11(30-31(25,26)27)10(23)14(29-8)22-13-9(20-15(22)24)12(16)18-7-19-13/h7-8,10-11,14,23H,2-6,17H2,1H3,(H,20,24)(H2,16,18,19)(H,25,26,27)/t8-,10-,11-,14-/m1/s1. The van der Waals surface area contributed by atoms with Crippen molar-refractivity contribution >= 4 is 27.4 Å². The zero-order valence-corrected chi connectivity index (χ0v) is 17.4. The molecule has 0 bridgehead atoms. The molecule has 0 aromatic carbocycles. The lowest BCUT2D eigenvalue weighted by atomic mass is 10.1. The Hall–Kier alpha value is -2.18. The number of aliphatic hydroxyl groups excluding tert-OH is 1. The number of imidazole rings is 1. The van der Waals surface area contributed by atoms with E-state index in [4.69, 9.17) is 20.9 Å². The molecule has 3 rings (SSSR count). The number of hydrogen-bond acceptors (Lipinski definition) is 12. The first kappa shape index (κ1) is 23.5. The van der Waals surface area contributed by atoms with Crippen LogP contribution in [0.2, 0.25) is 0 Å². The van der Waals surface area contributed by atoms with E-state index in [0.29, 0.717) is 19.6 Å². The average molecular weight is 463 g/mol. The summed E-state index contributed by atoms with van der Waals surface area (Å²) in [4.78, 5) is 29.1. The lowest BCUT2D eigenvalue weighted by Crippen LogP contribution is -2.42. The van der Waals surface area contributed by atoms with Crippen LogP contribution in [0.25, 0.3) is 11.2 Å². The number of aliphatic hydroxyl groups is 1. The summed E-state index contributed by atoms with van der Waals surface area (Å²) in [6, 6.07) is 0. The SMILES string of the molecule is CN(CCCCON)C[C@H]1O[C@@H](n2c(=O)[nH]c3c(N)ncnc32)[C@H](O)[C@@H]1OS(=O)(=O)O. The molecule has 174 valence electrons. The number of nitrogens with two attached hydrogens (primary N) is 2. The third-order valence-electron chi connectivity index (χ3n) is 4.88. The summed E-state index contributed by atoms with van der Waals surface area (Å²) >= 11 is 0. The van der Waals surface area contributed by atoms with E-state index in [9.17, 15) is 18.3 Å². The largest absolute Gasteiger partial charge is 0.397 e. The predicted molar refractivity (Wildman–Crippen MR) is 106 cm³/mol. The number of unbranched alkanes of at least 4 members (excludes halogenated alkanes) is 1.